The minimum Gasteiger partial charge on any atom is -0.455 e. The Bertz CT molecular complexity index is 447. The second-order valence-electron chi connectivity index (χ2n) is 6.40. The highest BCUT2D eigenvalue weighted by atomic mass is 16.7. The first kappa shape index (κ1) is 14.5. The third kappa shape index (κ3) is 3.61. The van der Waals surface area contributed by atoms with Crippen molar-refractivity contribution in [3.05, 3.63) is 47.9 Å². The molecule has 0 atom stereocenters. The Hall–Kier alpha value is -1.44. The molecule has 0 N–H and O–H groups in total. The zero-order valence-corrected chi connectivity index (χ0v) is 13.0. The molecule has 114 valence electrons. The molecule has 0 bridgehead atoms. The molecule has 0 unspecified atom stereocenters. The monoisotopic (exact) mass is 286 g/mol. The van der Waals surface area contributed by atoms with E-state index in [9.17, 15) is 0 Å². The molecule has 1 saturated carbocycles. The van der Waals surface area contributed by atoms with Crippen LogP contribution in [0.3, 0.4) is 0 Å². The highest BCUT2D eigenvalue weighted by molar-refractivity contribution is 5.27. The van der Waals surface area contributed by atoms with Gasteiger partial charge in [-0.2, -0.15) is 0 Å². The third-order valence-corrected chi connectivity index (χ3v) is 4.95. The van der Waals surface area contributed by atoms with Crippen molar-refractivity contribution in [1.82, 2.24) is 0 Å². The van der Waals surface area contributed by atoms with Crippen molar-refractivity contribution in [2.75, 3.05) is 0 Å². The van der Waals surface area contributed by atoms with Gasteiger partial charge in [-0.05, 0) is 43.1 Å². The summed E-state index contributed by atoms with van der Waals surface area (Å²) >= 11 is 0. The first-order valence-corrected chi connectivity index (χ1v) is 8.42. The first-order chi connectivity index (χ1) is 10.4. The van der Waals surface area contributed by atoms with E-state index < -0.39 is 0 Å². The number of unbranched alkanes of at least 4 members (excludes halogenated alkanes) is 1. The predicted octanol–water partition coefficient (Wildman–Crippen LogP) is 5.67. The minimum atomic E-state index is -0.246. The van der Waals surface area contributed by atoms with Crippen LogP contribution < -0.4 is 0 Å². The van der Waals surface area contributed by atoms with Gasteiger partial charge in [0.1, 0.15) is 12.5 Å². The molecule has 0 aromatic heterocycles. The Morgan fingerprint density at radius 2 is 1.52 bits per heavy atom. The minimum absolute atomic E-state index is 0.246. The van der Waals surface area contributed by atoms with E-state index in [0.717, 1.165) is 17.4 Å². The molecule has 2 heteroatoms. The van der Waals surface area contributed by atoms with Crippen LogP contribution >= 0.6 is 0 Å². The van der Waals surface area contributed by atoms with Gasteiger partial charge in [-0.25, -0.2) is 0 Å². The highest BCUT2D eigenvalue weighted by Crippen LogP contribution is 2.38. The van der Waals surface area contributed by atoms with E-state index in [1.165, 1.54) is 50.5 Å². The van der Waals surface area contributed by atoms with E-state index >= 15 is 0 Å². The van der Waals surface area contributed by atoms with Gasteiger partial charge in [0, 0.05) is 5.56 Å². The van der Waals surface area contributed by atoms with Gasteiger partial charge in [0.25, 0.3) is 6.29 Å². The van der Waals surface area contributed by atoms with Crippen molar-refractivity contribution in [2.45, 2.75) is 64.1 Å². The van der Waals surface area contributed by atoms with Crippen LogP contribution in [-0.4, -0.2) is 0 Å². The second-order valence-corrected chi connectivity index (χ2v) is 6.40. The van der Waals surface area contributed by atoms with Gasteiger partial charge in [0.15, 0.2) is 0 Å². The molecule has 1 heterocycles. The predicted molar refractivity (Wildman–Crippen MR) is 84.7 cm³/mol. The summed E-state index contributed by atoms with van der Waals surface area (Å²) in [5.41, 5.74) is 2.58. The molecular formula is C19H26O2. The molecule has 1 aromatic rings. The molecule has 0 radical (unpaired) electrons. The molecule has 0 spiro atoms. The van der Waals surface area contributed by atoms with E-state index in [-0.39, 0.29) is 6.29 Å². The number of hydrogen-bond donors (Lipinski definition) is 0. The first-order valence-electron chi connectivity index (χ1n) is 8.42. The molecule has 21 heavy (non-hydrogen) atoms. The quantitative estimate of drug-likeness (QED) is 0.694. The summed E-state index contributed by atoms with van der Waals surface area (Å²) in [4.78, 5) is 0. The SMILES string of the molecule is CCCCC1CCC(c2ccc(C3OC=CO3)cc2)CC1. The van der Waals surface area contributed by atoms with Crippen LogP contribution in [-0.2, 0) is 9.47 Å². The summed E-state index contributed by atoms with van der Waals surface area (Å²) in [7, 11) is 0. The largest absolute Gasteiger partial charge is 0.455 e. The van der Waals surface area contributed by atoms with Crippen LogP contribution in [0, 0.1) is 5.92 Å². The normalized spacial score (nSPS) is 25.6. The van der Waals surface area contributed by atoms with Crippen molar-refractivity contribution < 1.29 is 9.47 Å². The number of benzene rings is 1. The number of hydrogen-bond acceptors (Lipinski definition) is 2. The van der Waals surface area contributed by atoms with Gasteiger partial charge < -0.3 is 9.47 Å². The van der Waals surface area contributed by atoms with E-state index in [1.807, 2.05) is 0 Å². The van der Waals surface area contributed by atoms with Crippen LogP contribution in [0.2, 0.25) is 0 Å². The molecule has 0 amide bonds. The fourth-order valence-corrected chi connectivity index (χ4v) is 3.60. The zero-order chi connectivity index (χ0) is 14.5. The Kier molecular flexibility index (Phi) is 4.84. The summed E-state index contributed by atoms with van der Waals surface area (Å²) in [6, 6.07) is 8.82. The van der Waals surface area contributed by atoms with E-state index in [4.69, 9.17) is 9.47 Å². The highest BCUT2D eigenvalue weighted by Gasteiger charge is 2.22. The Balaban J connectivity index is 1.53. The van der Waals surface area contributed by atoms with E-state index in [1.54, 1.807) is 12.5 Å². The molecule has 2 nitrogen and oxygen atoms in total. The van der Waals surface area contributed by atoms with Crippen LogP contribution in [0.4, 0.5) is 0 Å². The van der Waals surface area contributed by atoms with Crippen LogP contribution in [0.5, 0.6) is 0 Å². The molecule has 0 saturated heterocycles. The summed E-state index contributed by atoms with van der Waals surface area (Å²) in [6.45, 7) is 2.29. The van der Waals surface area contributed by atoms with Gasteiger partial charge in [-0.3, -0.25) is 0 Å². The van der Waals surface area contributed by atoms with Gasteiger partial charge in [0.05, 0.1) is 0 Å². The number of ether oxygens (including phenoxy) is 2. The van der Waals surface area contributed by atoms with Crippen molar-refractivity contribution in [3.8, 4) is 0 Å². The van der Waals surface area contributed by atoms with Crippen LogP contribution in [0.15, 0.2) is 36.8 Å². The Morgan fingerprint density at radius 3 is 2.14 bits per heavy atom. The number of rotatable bonds is 5. The van der Waals surface area contributed by atoms with Crippen molar-refractivity contribution >= 4 is 0 Å². The summed E-state index contributed by atoms with van der Waals surface area (Å²) in [5.74, 6) is 1.73. The lowest BCUT2D eigenvalue weighted by atomic mass is 9.77. The lowest BCUT2D eigenvalue weighted by Crippen LogP contribution is -2.13. The maximum Gasteiger partial charge on any atom is 0.266 e. The molecule has 1 fully saturated rings. The smallest absolute Gasteiger partial charge is 0.266 e. The van der Waals surface area contributed by atoms with Crippen molar-refractivity contribution in [1.29, 1.82) is 0 Å². The van der Waals surface area contributed by atoms with Gasteiger partial charge in [-0.15, -0.1) is 0 Å². The van der Waals surface area contributed by atoms with Gasteiger partial charge in [0.2, 0.25) is 0 Å². The summed E-state index contributed by atoms with van der Waals surface area (Å²) < 4.78 is 10.7. The maximum atomic E-state index is 5.37. The zero-order valence-electron chi connectivity index (χ0n) is 13.0. The standard InChI is InChI=1S/C19H26O2/c1-2-3-4-15-5-7-16(8-6-15)17-9-11-18(12-10-17)19-20-13-14-21-19/h9-16,19H,2-8H2,1H3. The van der Waals surface area contributed by atoms with E-state index in [0.29, 0.717) is 0 Å². The molecule has 3 rings (SSSR count). The molecule has 2 aliphatic rings. The van der Waals surface area contributed by atoms with Gasteiger partial charge in [-0.1, -0.05) is 50.5 Å². The van der Waals surface area contributed by atoms with Crippen LogP contribution in [0.1, 0.15) is 75.2 Å². The average molecular weight is 286 g/mol. The molecule has 1 aromatic carbocycles. The van der Waals surface area contributed by atoms with Crippen molar-refractivity contribution in [3.63, 3.8) is 0 Å². The molecule has 1 aliphatic heterocycles. The molecular weight excluding hydrogens is 260 g/mol. The summed E-state index contributed by atoms with van der Waals surface area (Å²) in [5, 5.41) is 0. The maximum absolute atomic E-state index is 5.37. The van der Waals surface area contributed by atoms with E-state index in [2.05, 4.69) is 31.2 Å². The average Bonchev–Trinajstić information content (AvgIpc) is 3.08. The topological polar surface area (TPSA) is 18.5 Å². The van der Waals surface area contributed by atoms with Crippen LogP contribution in [0.25, 0.3) is 0 Å². The lowest BCUT2D eigenvalue weighted by molar-refractivity contribution is -0.0246. The summed E-state index contributed by atoms with van der Waals surface area (Å²) in [6.07, 6.45) is 12.7. The Labute approximate surface area is 128 Å². The fraction of sp³-hybridized carbons (Fsp3) is 0.579. The second kappa shape index (κ2) is 7.02. The lowest BCUT2D eigenvalue weighted by Gasteiger charge is -2.29. The third-order valence-electron chi connectivity index (χ3n) is 4.95. The Morgan fingerprint density at radius 1 is 0.905 bits per heavy atom. The van der Waals surface area contributed by atoms with Gasteiger partial charge >= 0.3 is 0 Å². The molecule has 1 aliphatic carbocycles. The fourth-order valence-electron chi connectivity index (χ4n) is 3.60. The van der Waals surface area contributed by atoms with Crippen molar-refractivity contribution in [2.24, 2.45) is 5.92 Å².